The van der Waals surface area contributed by atoms with Gasteiger partial charge in [-0.2, -0.15) is 0 Å². The number of hydrogen-bond donors (Lipinski definition) is 1. The van der Waals surface area contributed by atoms with Crippen LogP contribution in [-0.2, 0) is 11.3 Å². The Morgan fingerprint density at radius 2 is 2.25 bits per heavy atom. The van der Waals surface area contributed by atoms with Crippen LogP contribution in [0.25, 0.3) is 0 Å². The summed E-state index contributed by atoms with van der Waals surface area (Å²) in [7, 11) is 1.44. The second-order valence-electron chi connectivity index (χ2n) is 5.45. The molecule has 0 aromatic heterocycles. The van der Waals surface area contributed by atoms with Gasteiger partial charge in [0, 0.05) is 6.54 Å². The number of nitrogens with one attached hydrogen (secondary N) is 1. The van der Waals surface area contributed by atoms with Crippen molar-refractivity contribution in [3.05, 3.63) is 64.5 Å². The molecule has 0 atom stereocenters. The monoisotopic (exact) mass is 369 g/mol. The van der Waals surface area contributed by atoms with Crippen LogP contribution >= 0.6 is 23.5 Å². The lowest BCUT2D eigenvalue weighted by atomic mass is 10.2. The van der Waals surface area contributed by atoms with Gasteiger partial charge in [0.25, 0.3) is 0 Å². The van der Waals surface area contributed by atoms with Gasteiger partial charge in [0.1, 0.15) is 5.76 Å². The van der Waals surface area contributed by atoms with Crippen molar-refractivity contribution in [2.45, 2.75) is 19.4 Å². The van der Waals surface area contributed by atoms with Gasteiger partial charge in [-0.15, -0.1) is 0 Å². The van der Waals surface area contributed by atoms with Crippen molar-refractivity contribution in [1.29, 1.82) is 0 Å². The van der Waals surface area contributed by atoms with Crippen molar-refractivity contribution in [3.8, 4) is 5.75 Å². The summed E-state index contributed by atoms with van der Waals surface area (Å²) >= 11 is 7.37. The molecule has 1 aliphatic carbocycles. The molecule has 0 heterocycles. The minimum absolute atomic E-state index is 0.226. The zero-order valence-electron chi connectivity index (χ0n) is 13.6. The minimum Gasteiger partial charge on any atom is -0.494 e. The SMILES string of the molecule is C=C/C(OCC1CC1)=C(/SNCc1ccc(OC)c(F)c1)C(=C)Cl. The van der Waals surface area contributed by atoms with E-state index in [1.165, 1.54) is 38.0 Å². The standard InChI is InChI=1S/C18H21ClFNO2S/c1-4-16(23-11-13-5-6-13)18(12(2)19)24-21-10-14-7-8-17(22-3)15(20)9-14/h4,7-9,13,21H,1-2,5-6,10-11H2,3H3/b18-16-. The largest absolute Gasteiger partial charge is 0.494 e. The Labute approximate surface area is 151 Å². The van der Waals surface area contributed by atoms with Crippen LogP contribution in [0.4, 0.5) is 4.39 Å². The molecule has 24 heavy (non-hydrogen) atoms. The van der Waals surface area contributed by atoms with E-state index in [1.54, 1.807) is 18.2 Å². The van der Waals surface area contributed by atoms with E-state index in [2.05, 4.69) is 17.9 Å². The minimum atomic E-state index is -0.390. The zero-order chi connectivity index (χ0) is 17.5. The van der Waals surface area contributed by atoms with E-state index < -0.39 is 0 Å². The molecule has 0 amide bonds. The first-order valence-electron chi connectivity index (χ1n) is 7.61. The Hall–Kier alpha value is -1.43. The van der Waals surface area contributed by atoms with Crippen molar-refractivity contribution in [2.24, 2.45) is 5.92 Å². The van der Waals surface area contributed by atoms with Gasteiger partial charge in [0.15, 0.2) is 11.6 Å². The molecule has 0 saturated heterocycles. The van der Waals surface area contributed by atoms with E-state index in [-0.39, 0.29) is 11.6 Å². The molecule has 0 aliphatic heterocycles. The highest BCUT2D eigenvalue weighted by Crippen LogP contribution is 2.33. The van der Waals surface area contributed by atoms with Crippen LogP contribution in [0.3, 0.4) is 0 Å². The Kier molecular flexibility index (Phi) is 7.21. The fraction of sp³-hybridized carbons (Fsp3) is 0.333. The number of hydrogen-bond acceptors (Lipinski definition) is 4. The maximum Gasteiger partial charge on any atom is 0.165 e. The van der Waals surface area contributed by atoms with Gasteiger partial charge in [-0.05, 0) is 54.5 Å². The summed E-state index contributed by atoms with van der Waals surface area (Å²) in [5.74, 6) is 1.08. The molecular formula is C18H21ClFNO2S. The van der Waals surface area contributed by atoms with Crippen LogP contribution in [0.15, 0.2) is 53.1 Å². The van der Waals surface area contributed by atoms with Gasteiger partial charge in [0.2, 0.25) is 0 Å². The second-order valence-corrected chi connectivity index (χ2v) is 6.81. The van der Waals surface area contributed by atoms with Gasteiger partial charge in [-0.25, -0.2) is 4.39 Å². The normalized spacial score (nSPS) is 14.8. The maximum atomic E-state index is 13.7. The molecule has 2 rings (SSSR count). The molecule has 1 aromatic rings. The highest BCUT2D eigenvalue weighted by Gasteiger charge is 2.22. The smallest absolute Gasteiger partial charge is 0.165 e. The summed E-state index contributed by atoms with van der Waals surface area (Å²) in [6.07, 6.45) is 4.04. The summed E-state index contributed by atoms with van der Waals surface area (Å²) in [5, 5.41) is 0.374. The molecule has 3 nitrogen and oxygen atoms in total. The average Bonchev–Trinajstić information content (AvgIpc) is 3.37. The van der Waals surface area contributed by atoms with Crippen molar-refractivity contribution in [1.82, 2.24) is 4.72 Å². The fourth-order valence-electron chi connectivity index (χ4n) is 1.96. The van der Waals surface area contributed by atoms with Crippen LogP contribution in [0, 0.1) is 11.7 Å². The lowest BCUT2D eigenvalue weighted by Gasteiger charge is -2.13. The average molecular weight is 370 g/mol. The summed E-state index contributed by atoms with van der Waals surface area (Å²) in [6, 6.07) is 4.83. The molecule has 1 fully saturated rings. The topological polar surface area (TPSA) is 30.5 Å². The number of rotatable bonds is 10. The van der Waals surface area contributed by atoms with Crippen LogP contribution in [0.5, 0.6) is 5.75 Å². The first-order valence-corrected chi connectivity index (χ1v) is 8.81. The van der Waals surface area contributed by atoms with Crippen LogP contribution < -0.4 is 9.46 Å². The molecule has 0 bridgehead atoms. The summed E-state index contributed by atoms with van der Waals surface area (Å²) < 4.78 is 27.5. The molecule has 1 N–H and O–H groups in total. The van der Waals surface area contributed by atoms with E-state index in [9.17, 15) is 4.39 Å². The van der Waals surface area contributed by atoms with Crippen molar-refractivity contribution < 1.29 is 13.9 Å². The van der Waals surface area contributed by atoms with Gasteiger partial charge >= 0.3 is 0 Å². The summed E-state index contributed by atoms with van der Waals surface area (Å²) in [5.41, 5.74) is 0.791. The molecule has 0 unspecified atom stereocenters. The lowest BCUT2D eigenvalue weighted by molar-refractivity contribution is 0.210. The van der Waals surface area contributed by atoms with Crippen molar-refractivity contribution in [2.75, 3.05) is 13.7 Å². The highest BCUT2D eigenvalue weighted by atomic mass is 35.5. The Balaban J connectivity index is 1.96. The summed E-state index contributed by atoms with van der Waals surface area (Å²) in [6.45, 7) is 8.66. The van der Waals surface area contributed by atoms with Gasteiger partial charge < -0.3 is 9.47 Å². The Morgan fingerprint density at radius 3 is 2.79 bits per heavy atom. The number of halogens is 2. The number of allylic oxidation sites excluding steroid dienone is 2. The number of benzene rings is 1. The number of ether oxygens (including phenoxy) is 2. The second kappa shape index (κ2) is 9.16. The molecule has 0 radical (unpaired) electrons. The molecule has 6 heteroatoms. The highest BCUT2D eigenvalue weighted by molar-refractivity contribution is 8.01. The predicted molar refractivity (Wildman–Crippen MR) is 98.3 cm³/mol. The predicted octanol–water partition coefficient (Wildman–Crippen LogP) is 5.15. The third-order valence-corrected chi connectivity index (χ3v) is 4.74. The first-order chi connectivity index (χ1) is 11.5. The lowest BCUT2D eigenvalue weighted by Crippen LogP contribution is -2.06. The zero-order valence-corrected chi connectivity index (χ0v) is 15.2. The van der Waals surface area contributed by atoms with E-state index >= 15 is 0 Å². The summed E-state index contributed by atoms with van der Waals surface area (Å²) in [4.78, 5) is 0.682. The van der Waals surface area contributed by atoms with E-state index in [4.69, 9.17) is 21.1 Å². The van der Waals surface area contributed by atoms with Gasteiger partial charge in [-0.3, -0.25) is 4.72 Å². The van der Waals surface area contributed by atoms with Crippen molar-refractivity contribution in [3.63, 3.8) is 0 Å². The third-order valence-electron chi connectivity index (χ3n) is 3.49. The molecule has 130 valence electrons. The third kappa shape index (κ3) is 5.58. The van der Waals surface area contributed by atoms with Crippen molar-refractivity contribution >= 4 is 23.5 Å². The quantitative estimate of drug-likeness (QED) is 0.351. The Bertz CT molecular complexity index is 644. The van der Waals surface area contributed by atoms with E-state index in [1.807, 2.05) is 0 Å². The molecular weight excluding hydrogens is 349 g/mol. The van der Waals surface area contributed by atoms with Gasteiger partial charge in [0.05, 0.1) is 23.7 Å². The molecule has 1 saturated carbocycles. The van der Waals surface area contributed by atoms with E-state index in [0.29, 0.717) is 34.8 Å². The van der Waals surface area contributed by atoms with E-state index in [0.717, 1.165) is 5.56 Å². The van der Waals surface area contributed by atoms with Crippen LogP contribution in [-0.4, -0.2) is 13.7 Å². The molecule has 1 aliphatic rings. The first kappa shape index (κ1) is 18.9. The molecule has 1 aromatic carbocycles. The van der Waals surface area contributed by atoms with Crippen LogP contribution in [0.2, 0.25) is 0 Å². The van der Waals surface area contributed by atoms with Crippen LogP contribution in [0.1, 0.15) is 18.4 Å². The Morgan fingerprint density at radius 1 is 1.50 bits per heavy atom. The maximum absolute atomic E-state index is 13.7. The molecule has 0 spiro atoms. The number of methoxy groups -OCH3 is 1. The fourth-order valence-corrected chi connectivity index (χ4v) is 2.91. The van der Waals surface area contributed by atoms with Gasteiger partial charge in [-0.1, -0.05) is 30.8 Å².